The lowest BCUT2D eigenvalue weighted by atomic mass is 10.1. The average Bonchev–Trinajstić information content (AvgIpc) is 2.55. The monoisotopic (exact) mass is 311 g/mol. The number of unbranched alkanes of at least 4 members (excludes halogenated alkanes) is 3. The van der Waals surface area contributed by atoms with E-state index < -0.39 is 0 Å². The van der Waals surface area contributed by atoms with Crippen LogP contribution in [0.5, 0.6) is 5.75 Å². The number of hydrogen-bond donors (Lipinski definition) is 1. The lowest BCUT2D eigenvalue weighted by molar-refractivity contribution is 0.305. The van der Waals surface area contributed by atoms with Crippen LogP contribution >= 0.6 is 0 Å². The van der Waals surface area contributed by atoms with E-state index in [1.165, 1.54) is 41.6 Å². The molecule has 2 rings (SSSR count). The standard InChI is InChI=1S/C21H29NO/c1-4-5-6-7-14-23-20-11-9-19(10-12-20)16-22-21-13-8-17(2)15-18(21)3/h8-13,15,22H,4-7,14,16H2,1-3H3. The quantitative estimate of drug-likeness (QED) is 0.584. The zero-order valence-corrected chi connectivity index (χ0v) is 14.7. The van der Waals surface area contributed by atoms with E-state index in [1.807, 2.05) is 0 Å². The molecule has 0 atom stereocenters. The van der Waals surface area contributed by atoms with Crippen LogP contribution in [0.2, 0.25) is 0 Å². The Labute approximate surface area is 140 Å². The third-order valence-corrected chi connectivity index (χ3v) is 4.05. The lowest BCUT2D eigenvalue weighted by Gasteiger charge is -2.11. The molecule has 0 saturated carbocycles. The second kappa shape index (κ2) is 9.24. The van der Waals surface area contributed by atoms with Crippen molar-refractivity contribution < 1.29 is 4.74 Å². The van der Waals surface area contributed by atoms with Crippen molar-refractivity contribution in [3.05, 3.63) is 59.2 Å². The lowest BCUT2D eigenvalue weighted by Crippen LogP contribution is -2.02. The maximum atomic E-state index is 5.78. The molecule has 0 fully saturated rings. The fourth-order valence-corrected chi connectivity index (χ4v) is 2.63. The Balaban J connectivity index is 1.78. The van der Waals surface area contributed by atoms with Gasteiger partial charge in [-0.15, -0.1) is 0 Å². The highest BCUT2D eigenvalue weighted by molar-refractivity contribution is 5.52. The maximum absolute atomic E-state index is 5.78. The number of benzene rings is 2. The van der Waals surface area contributed by atoms with Crippen LogP contribution in [-0.2, 0) is 6.54 Å². The number of ether oxygens (including phenoxy) is 1. The van der Waals surface area contributed by atoms with Crippen LogP contribution in [-0.4, -0.2) is 6.61 Å². The van der Waals surface area contributed by atoms with E-state index in [0.717, 1.165) is 25.3 Å². The van der Waals surface area contributed by atoms with E-state index in [9.17, 15) is 0 Å². The van der Waals surface area contributed by atoms with Crippen molar-refractivity contribution in [1.82, 2.24) is 0 Å². The van der Waals surface area contributed by atoms with Crippen LogP contribution in [0.3, 0.4) is 0 Å². The minimum absolute atomic E-state index is 0.820. The smallest absolute Gasteiger partial charge is 0.119 e. The first-order valence-electron chi connectivity index (χ1n) is 8.72. The Hall–Kier alpha value is -1.96. The van der Waals surface area contributed by atoms with Gasteiger partial charge in [-0.1, -0.05) is 56.0 Å². The molecule has 2 heteroatoms. The molecule has 0 spiro atoms. The first-order valence-corrected chi connectivity index (χ1v) is 8.72. The average molecular weight is 311 g/mol. The highest BCUT2D eigenvalue weighted by atomic mass is 16.5. The van der Waals surface area contributed by atoms with Crippen LogP contribution in [0, 0.1) is 13.8 Å². The summed E-state index contributed by atoms with van der Waals surface area (Å²) >= 11 is 0. The molecule has 2 aromatic rings. The summed E-state index contributed by atoms with van der Waals surface area (Å²) in [6.45, 7) is 8.15. The van der Waals surface area contributed by atoms with Crippen LogP contribution in [0.4, 0.5) is 5.69 Å². The largest absolute Gasteiger partial charge is 0.494 e. The molecule has 124 valence electrons. The number of aryl methyl sites for hydroxylation is 2. The van der Waals surface area contributed by atoms with Gasteiger partial charge in [0.25, 0.3) is 0 Å². The van der Waals surface area contributed by atoms with E-state index in [0.29, 0.717) is 0 Å². The van der Waals surface area contributed by atoms with E-state index in [4.69, 9.17) is 4.74 Å². The second-order valence-electron chi connectivity index (χ2n) is 6.23. The number of anilines is 1. The van der Waals surface area contributed by atoms with E-state index in [-0.39, 0.29) is 0 Å². The minimum Gasteiger partial charge on any atom is -0.494 e. The van der Waals surface area contributed by atoms with Gasteiger partial charge in [0.15, 0.2) is 0 Å². The molecule has 23 heavy (non-hydrogen) atoms. The molecule has 0 bridgehead atoms. The van der Waals surface area contributed by atoms with Crippen molar-refractivity contribution in [2.24, 2.45) is 0 Å². The molecular formula is C21H29NO. The Morgan fingerprint density at radius 2 is 1.70 bits per heavy atom. The van der Waals surface area contributed by atoms with Gasteiger partial charge >= 0.3 is 0 Å². The van der Waals surface area contributed by atoms with Gasteiger partial charge in [-0.2, -0.15) is 0 Å². The van der Waals surface area contributed by atoms with Crippen molar-refractivity contribution >= 4 is 5.69 Å². The van der Waals surface area contributed by atoms with Crippen LogP contribution < -0.4 is 10.1 Å². The summed E-state index contributed by atoms with van der Waals surface area (Å²) in [5.74, 6) is 0.969. The highest BCUT2D eigenvalue weighted by Crippen LogP contribution is 2.18. The fraction of sp³-hybridized carbons (Fsp3) is 0.429. The third kappa shape index (κ3) is 5.97. The summed E-state index contributed by atoms with van der Waals surface area (Å²) < 4.78 is 5.78. The summed E-state index contributed by atoms with van der Waals surface area (Å²) in [4.78, 5) is 0. The van der Waals surface area contributed by atoms with E-state index in [2.05, 4.69) is 68.6 Å². The molecule has 0 aliphatic rings. The van der Waals surface area contributed by atoms with Gasteiger partial charge in [0.2, 0.25) is 0 Å². The van der Waals surface area contributed by atoms with Gasteiger partial charge in [0.1, 0.15) is 5.75 Å². The van der Waals surface area contributed by atoms with Gasteiger partial charge in [-0.05, 0) is 49.6 Å². The number of rotatable bonds is 9. The normalized spacial score (nSPS) is 10.6. The van der Waals surface area contributed by atoms with Gasteiger partial charge in [-0.3, -0.25) is 0 Å². The predicted octanol–water partition coefficient (Wildman–Crippen LogP) is 5.87. The molecule has 0 radical (unpaired) electrons. The summed E-state index contributed by atoms with van der Waals surface area (Å²) in [6, 6.07) is 14.9. The Bertz CT molecular complexity index is 589. The number of nitrogens with one attached hydrogen (secondary N) is 1. The van der Waals surface area contributed by atoms with Gasteiger partial charge < -0.3 is 10.1 Å². The van der Waals surface area contributed by atoms with E-state index in [1.54, 1.807) is 0 Å². The highest BCUT2D eigenvalue weighted by Gasteiger charge is 2.00. The van der Waals surface area contributed by atoms with Crippen molar-refractivity contribution in [1.29, 1.82) is 0 Å². The molecule has 0 unspecified atom stereocenters. The Morgan fingerprint density at radius 1 is 0.913 bits per heavy atom. The van der Waals surface area contributed by atoms with Crippen LogP contribution in [0.25, 0.3) is 0 Å². The Kier molecular flexibility index (Phi) is 6.99. The molecule has 0 saturated heterocycles. The molecule has 0 aromatic heterocycles. The molecule has 0 aliphatic carbocycles. The maximum Gasteiger partial charge on any atom is 0.119 e. The molecule has 0 heterocycles. The van der Waals surface area contributed by atoms with Gasteiger partial charge in [0.05, 0.1) is 6.61 Å². The van der Waals surface area contributed by atoms with Crippen molar-refractivity contribution in [2.45, 2.75) is 53.0 Å². The molecule has 2 nitrogen and oxygen atoms in total. The van der Waals surface area contributed by atoms with Crippen molar-refractivity contribution in [2.75, 3.05) is 11.9 Å². The van der Waals surface area contributed by atoms with E-state index >= 15 is 0 Å². The molecular weight excluding hydrogens is 282 g/mol. The predicted molar refractivity (Wildman–Crippen MR) is 99.3 cm³/mol. The number of hydrogen-bond acceptors (Lipinski definition) is 2. The third-order valence-electron chi connectivity index (χ3n) is 4.05. The summed E-state index contributed by atoms with van der Waals surface area (Å²) in [7, 11) is 0. The van der Waals surface area contributed by atoms with Crippen LogP contribution in [0.15, 0.2) is 42.5 Å². The van der Waals surface area contributed by atoms with Gasteiger partial charge in [0, 0.05) is 12.2 Å². The fourth-order valence-electron chi connectivity index (χ4n) is 2.63. The first kappa shape index (κ1) is 17.4. The SMILES string of the molecule is CCCCCCOc1ccc(CNc2ccc(C)cc2C)cc1. The molecule has 0 amide bonds. The Morgan fingerprint density at radius 3 is 2.39 bits per heavy atom. The van der Waals surface area contributed by atoms with Crippen LogP contribution in [0.1, 0.15) is 49.3 Å². The molecule has 1 N–H and O–H groups in total. The summed E-state index contributed by atoms with van der Waals surface area (Å²) in [6.07, 6.45) is 4.97. The van der Waals surface area contributed by atoms with Gasteiger partial charge in [-0.25, -0.2) is 0 Å². The second-order valence-corrected chi connectivity index (χ2v) is 6.23. The minimum atomic E-state index is 0.820. The molecule has 2 aromatic carbocycles. The van der Waals surface area contributed by atoms with Crippen molar-refractivity contribution in [3.8, 4) is 5.75 Å². The zero-order chi connectivity index (χ0) is 16.5. The molecule has 0 aliphatic heterocycles. The van der Waals surface area contributed by atoms with Crippen molar-refractivity contribution in [3.63, 3.8) is 0 Å². The summed E-state index contributed by atoms with van der Waals surface area (Å²) in [5, 5.41) is 3.50. The summed E-state index contributed by atoms with van der Waals surface area (Å²) in [5.41, 5.74) is 5.06. The zero-order valence-electron chi connectivity index (χ0n) is 14.7. The topological polar surface area (TPSA) is 21.3 Å². The first-order chi connectivity index (χ1) is 11.2.